The van der Waals surface area contributed by atoms with Crippen LogP contribution in [-0.2, 0) is 0 Å². The quantitative estimate of drug-likeness (QED) is 0.616. The van der Waals surface area contributed by atoms with Crippen LogP contribution in [0, 0.1) is 16.7 Å². The first-order chi connectivity index (χ1) is 7.34. The second-order valence-electron chi connectivity index (χ2n) is 7.06. The summed E-state index contributed by atoms with van der Waals surface area (Å²) in [5.74, 6) is 0.536. The summed E-state index contributed by atoms with van der Waals surface area (Å²) in [5, 5.41) is 9.99. The second kappa shape index (κ2) is 3.87. The highest BCUT2D eigenvalue weighted by Crippen LogP contribution is 2.54. The molecule has 1 heteroatoms. The summed E-state index contributed by atoms with van der Waals surface area (Å²) in [6.45, 7) is 11.3. The average Bonchev–Trinajstić information content (AvgIpc) is 2.30. The molecule has 0 radical (unpaired) electrons. The normalized spacial score (nSPS) is 43.6. The molecule has 2 rings (SSSR count). The minimum atomic E-state index is -0.244. The molecule has 0 aliphatic heterocycles. The van der Waals surface area contributed by atoms with Crippen molar-refractivity contribution >= 4 is 0 Å². The van der Waals surface area contributed by atoms with Crippen molar-refractivity contribution in [2.24, 2.45) is 16.7 Å². The zero-order chi connectivity index (χ0) is 12.0. The third kappa shape index (κ3) is 2.07. The number of aliphatic hydroxyl groups excluding tert-OH is 1. The molecule has 0 heterocycles. The highest BCUT2D eigenvalue weighted by molar-refractivity contribution is 5.16. The Bertz CT molecular complexity index is 292. The van der Waals surface area contributed by atoms with Gasteiger partial charge >= 0.3 is 0 Å². The molecule has 92 valence electrons. The second-order valence-corrected chi connectivity index (χ2v) is 7.06. The summed E-state index contributed by atoms with van der Waals surface area (Å²) in [4.78, 5) is 0. The molecular formula is C15H26O. The summed E-state index contributed by atoms with van der Waals surface area (Å²) in [7, 11) is 0. The van der Waals surface area contributed by atoms with E-state index in [-0.39, 0.29) is 6.10 Å². The molecule has 1 N–H and O–H groups in total. The Labute approximate surface area is 99.9 Å². The molecule has 2 unspecified atom stereocenters. The van der Waals surface area contributed by atoms with Gasteiger partial charge in [0.05, 0.1) is 6.10 Å². The Morgan fingerprint density at radius 3 is 2.56 bits per heavy atom. The van der Waals surface area contributed by atoms with Gasteiger partial charge in [0.2, 0.25) is 0 Å². The summed E-state index contributed by atoms with van der Waals surface area (Å²) in [6, 6.07) is 0. The Balaban J connectivity index is 2.27. The third-order valence-corrected chi connectivity index (χ3v) is 5.06. The molecule has 16 heavy (non-hydrogen) atoms. The maximum absolute atomic E-state index is 9.99. The Morgan fingerprint density at radius 2 is 1.88 bits per heavy atom. The number of hydrogen-bond donors (Lipinski definition) is 1. The molecule has 2 saturated carbocycles. The highest BCUT2D eigenvalue weighted by atomic mass is 16.3. The topological polar surface area (TPSA) is 20.2 Å². The van der Waals surface area contributed by atoms with Crippen LogP contribution >= 0.6 is 0 Å². The standard InChI is InChI=1S/C15H26O/c1-11-12-10-14(2,3)7-5-8-15(12,4)9-6-13(11)16/h12-13,16H,1,5-10H2,2-4H3/t12?,13-,15?/m1/s1. The van der Waals surface area contributed by atoms with Crippen LogP contribution in [0.15, 0.2) is 12.2 Å². The van der Waals surface area contributed by atoms with Gasteiger partial charge in [0.25, 0.3) is 0 Å². The zero-order valence-corrected chi connectivity index (χ0v) is 11.1. The van der Waals surface area contributed by atoms with Crippen molar-refractivity contribution in [3.63, 3.8) is 0 Å². The molecule has 0 bridgehead atoms. The predicted molar refractivity (Wildman–Crippen MR) is 68.2 cm³/mol. The lowest BCUT2D eigenvalue weighted by atomic mass is 9.61. The maximum atomic E-state index is 9.99. The van der Waals surface area contributed by atoms with Crippen LogP contribution < -0.4 is 0 Å². The van der Waals surface area contributed by atoms with Gasteiger partial charge in [-0.3, -0.25) is 0 Å². The van der Waals surface area contributed by atoms with Crippen molar-refractivity contribution in [1.82, 2.24) is 0 Å². The van der Waals surface area contributed by atoms with Gasteiger partial charge in [0.15, 0.2) is 0 Å². The van der Waals surface area contributed by atoms with Gasteiger partial charge in [0, 0.05) is 0 Å². The molecule has 0 aromatic rings. The molecule has 0 amide bonds. The first-order valence-corrected chi connectivity index (χ1v) is 6.71. The van der Waals surface area contributed by atoms with Crippen molar-refractivity contribution in [2.45, 2.75) is 65.4 Å². The van der Waals surface area contributed by atoms with E-state index in [1.165, 1.54) is 32.1 Å². The van der Waals surface area contributed by atoms with E-state index in [4.69, 9.17) is 0 Å². The lowest BCUT2D eigenvalue weighted by Gasteiger charge is -2.45. The van der Waals surface area contributed by atoms with E-state index in [2.05, 4.69) is 27.4 Å². The number of aliphatic hydroxyl groups is 1. The van der Waals surface area contributed by atoms with Crippen LogP contribution in [0.2, 0.25) is 0 Å². The lowest BCUT2D eigenvalue weighted by Crippen LogP contribution is -2.38. The first kappa shape index (κ1) is 12.2. The van der Waals surface area contributed by atoms with Crippen molar-refractivity contribution in [2.75, 3.05) is 0 Å². The largest absolute Gasteiger partial charge is 0.389 e. The molecule has 2 aliphatic carbocycles. The Hall–Kier alpha value is -0.300. The van der Waals surface area contributed by atoms with Gasteiger partial charge in [-0.1, -0.05) is 33.8 Å². The number of hydrogen-bond acceptors (Lipinski definition) is 1. The van der Waals surface area contributed by atoms with Crippen LogP contribution in [0.4, 0.5) is 0 Å². The van der Waals surface area contributed by atoms with Crippen molar-refractivity contribution in [1.29, 1.82) is 0 Å². The minimum absolute atomic E-state index is 0.244. The van der Waals surface area contributed by atoms with E-state index in [0.29, 0.717) is 16.7 Å². The van der Waals surface area contributed by atoms with E-state index in [1.54, 1.807) is 0 Å². The van der Waals surface area contributed by atoms with E-state index in [1.807, 2.05) is 0 Å². The van der Waals surface area contributed by atoms with Gasteiger partial charge < -0.3 is 5.11 Å². The van der Waals surface area contributed by atoms with Gasteiger partial charge in [-0.25, -0.2) is 0 Å². The molecule has 0 aromatic heterocycles. The Kier molecular flexibility index (Phi) is 2.94. The Morgan fingerprint density at radius 1 is 1.19 bits per heavy atom. The predicted octanol–water partition coefficient (Wildman–Crippen LogP) is 3.92. The zero-order valence-electron chi connectivity index (χ0n) is 11.1. The number of rotatable bonds is 0. The fraction of sp³-hybridized carbons (Fsp3) is 0.867. The van der Waals surface area contributed by atoms with E-state index in [9.17, 15) is 5.11 Å². The number of fused-ring (bicyclic) bond motifs is 1. The lowest BCUT2D eigenvalue weighted by molar-refractivity contribution is 0.0603. The molecule has 1 nitrogen and oxygen atoms in total. The van der Waals surface area contributed by atoms with Gasteiger partial charge in [0.1, 0.15) is 0 Å². The molecule has 0 spiro atoms. The van der Waals surface area contributed by atoms with Crippen LogP contribution in [0.25, 0.3) is 0 Å². The maximum Gasteiger partial charge on any atom is 0.0750 e. The van der Waals surface area contributed by atoms with Crippen molar-refractivity contribution < 1.29 is 5.11 Å². The SMILES string of the molecule is C=C1C2CC(C)(C)CCCC2(C)CC[C@H]1O. The molecule has 0 aromatic carbocycles. The molecule has 0 saturated heterocycles. The first-order valence-electron chi connectivity index (χ1n) is 6.71. The monoisotopic (exact) mass is 222 g/mol. The molecular weight excluding hydrogens is 196 g/mol. The van der Waals surface area contributed by atoms with E-state index >= 15 is 0 Å². The highest BCUT2D eigenvalue weighted by Gasteiger charge is 2.45. The molecule has 3 atom stereocenters. The van der Waals surface area contributed by atoms with Gasteiger partial charge in [-0.2, -0.15) is 0 Å². The average molecular weight is 222 g/mol. The summed E-state index contributed by atoms with van der Waals surface area (Å²) in [5.41, 5.74) is 1.94. The van der Waals surface area contributed by atoms with Crippen LogP contribution in [0.1, 0.15) is 59.3 Å². The van der Waals surface area contributed by atoms with Gasteiger partial charge in [-0.15, -0.1) is 0 Å². The van der Waals surface area contributed by atoms with E-state index in [0.717, 1.165) is 12.0 Å². The summed E-state index contributed by atoms with van der Waals surface area (Å²) < 4.78 is 0. The summed E-state index contributed by atoms with van der Waals surface area (Å²) >= 11 is 0. The fourth-order valence-corrected chi connectivity index (χ4v) is 3.81. The van der Waals surface area contributed by atoms with E-state index < -0.39 is 0 Å². The smallest absolute Gasteiger partial charge is 0.0750 e. The van der Waals surface area contributed by atoms with Crippen molar-refractivity contribution in [3.8, 4) is 0 Å². The van der Waals surface area contributed by atoms with Crippen LogP contribution in [-0.4, -0.2) is 11.2 Å². The van der Waals surface area contributed by atoms with Crippen molar-refractivity contribution in [3.05, 3.63) is 12.2 Å². The fourth-order valence-electron chi connectivity index (χ4n) is 3.81. The third-order valence-electron chi connectivity index (χ3n) is 5.06. The van der Waals surface area contributed by atoms with Crippen LogP contribution in [0.3, 0.4) is 0 Å². The molecule has 2 fully saturated rings. The minimum Gasteiger partial charge on any atom is -0.389 e. The summed E-state index contributed by atoms with van der Waals surface area (Å²) in [6.07, 6.45) is 7.03. The van der Waals surface area contributed by atoms with Gasteiger partial charge in [-0.05, 0) is 54.4 Å². The molecule has 2 aliphatic rings. The van der Waals surface area contributed by atoms with Crippen LogP contribution in [0.5, 0.6) is 0 Å².